The van der Waals surface area contributed by atoms with E-state index < -0.39 is 0 Å². The maximum Gasteiger partial charge on any atom is 0.135 e. The first-order chi connectivity index (χ1) is 32.2. The molecule has 0 aliphatic carbocycles. The number of hydrogen-bond acceptors (Lipinski definition) is 1. The van der Waals surface area contributed by atoms with Gasteiger partial charge in [0.2, 0.25) is 0 Å². The fourth-order valence-electron chi connectivity index (χ4n) is 11.7. The molecule has 0 saturated heterocycles. The molecule has 0 N–H and O–H groups in total. The lowest BCUT2D eigenvalue weighted by molar-refractivity contribution is 0.669. The van der Waals surface area contributed by atoms with E-state index in [0.717, 1.165) is 27.5 Å². The average Bonchev–Trinajstić information content (AvgIpc) is 3.74. The number of furan rings is 1. The Labute approximate surface area is 373 Å². The fourth-order valence-corrected chi connectivity index (χ4v) is 11.7. The van der Waals surface area contributed by atoms with Crippen LogP contribution in [0.25, 0.3) is 153 Å². The van der Waals surface area contributed by atoms with Gasteiger partial charge < -0.3 is 4.42 Å². The van der Waals surface area contributed by atoms with Gasteiger partial charge in [-0.3, -0.25) is 0 Å². The maximum absolute atomic E-state index is 6.43. The van der Waals surface area contributed by atoms with E-state index in [4.69, 9.17) is 4.42 Å². The molecule has 0 unspecified atom stereocenters. The monoisotopic (exact) mass is 820 g/mol. The molecule has 65 heavy (non-hydrogen) atoms. The molecule has 1 heteroatoms. The summed E-state index contributed by atoms with van der Waals surface area (Å²) in [5, 5.41) is 22.6. The Balaban J connectivity index is 1.10. The van der Waals surface area contributed by atoms with Crippen molar-refractivity contribution in [2.45, 2.75) is 0 Å². The van der Waals surface area contributed by atoms with Gasteiger partial charge in [0.05, 0.1) is 0 Å². The first kappa shape index (κ1) is 35.0. The summed E-state index contributed by atoms with van der Waals surface area (Å²) in [7, 11) is 0. The number of hydrogen-bond donors (Lipinski definition) is 0. The van der Waals surface area contributed by atoms with Crippen molar-refractivity contribution >= 4 is 108 Å². The molecule has 298 valence electrons. The Morgan fingerprint density at radius 3 is 1.40 bits per heavy atom. The Kier molecular flexibility index (Phi) is 7.01. The predicted octanol–water partition coefficient (Wildman–Crippen LogP) is 18.4. The summed E-state index contributed by atoms with van der Waals surface area (Å²) < 4.78 is 6.43. The van der Waals surface area contributed by atoms with Crippen LogP contribution < -0.4 is 0 Å². The average molecular weight is 821 g/mol. The molecule has 1 aromatic heterocycles. The molecule has 0 aliphatic rings. The van der Waals surface area contributed by atoms with E-state index in [-0.39, 0.29) is 0 Å². The molecule has 1 nitrogen and oxygen atoms in total. The molecule has 0 saturated carbocycles. The third-order valence-electron chi connectivity index (χ3n) is 14.5. The van der Waals surface area contributed by atoms with Gasteiger partial charge in [0.15, 0.2) is 0 Å². The Bertz CT molecular complexity index is 4440. The molecule has 15 aromatic rings. The Morgan fingerprint density at radius 1 is 0.215 bits per heavy atom. The van der Waals surface area contributed by atoms with Crippen LogP contribution in [-0.2, 0) is 0 Å². The number of fused-ring (bicyclic) bond motifs is 5. The molecule has 0 amide bonds. The number of rotatable bonds is 4. The molecule has 15 rings (SSSR count). The molecule has 0 radical (unpaired) electrons. The highest BCUT2D eigenvalue weighted by atomic mass is 16.3. The molecule has 0 spiro atoms. The van der Waals surface area contributed by atoms with Crippen molar-refractivity contribution in [3.05, 3.63) is 218 Å². The van der Waals surface area contributed by atoms with Crippen molar-refractivity contribution in [1.29, 1.82) is 0 Å². The van der Waals surface area contributed by atoms with Crippen LogP contribution in [-0.4, -0.2) is 0 Å². The van der Waals surface area contributed by atoms with Crippen molar-refractivity contribution in [1.82, 2.24) is 0 Å². The van der Waals surface area contributed by atoms with Gasteiger partial charge in [0, 0.05) is 10.8 Å². The van der Waals surface area contributed by atoms with Crippen LogP contribution in [0.3, 0.4) is 0 Å². The smallest absolute Gasteiger partial charge is 0.135 e. The van der Waals surface area contributed by atoms with E-state index in [2.05, 4.69) is 218 Å². The molecular weight excluding hydrogens is 785 g/mol. The van der Waals surface area contributed by atoms with Crippen LogP contribution in [0.4, 0.5) is 0 Å². The van der Waals surface area contributed by atoms with E-state index in [1.165, 1.54) is 125 Å². The van der Waals surface area contributed by atoms with Gasteiger partial charge in [-0.25, -0.2) is 0 Å². The van der Waals surface area contributed by atoms with Crippen molar-refractivity contribution in [3.8, 4) is 44.5 Å². The first-order valence-electron chi connectivity index (χ1n) is 22.6. The summed E-state index contributed by atoms with van der Waals surface area (Å²) in [6.45, 7) is 0. The summed E-state index contributed by atoms with van der Waals surface area (Å²) >= 11 is 0. The van der Waals surface area contributed by atoms with Gasteiger partial charge in [-0.05, 0) is 155 Å². The summed E-state index contributed by atoms with van der Waals surface area (Å²) in [6.07, 6.45) is 0. The summed E-state index contributed by atoms with van der Waals surface area (Å²) in [5.74, 6) is 0. The van der Waals surface area contributed by atoms with Crippen LogP contribution >= 0.6 is 0 Å². The highest BCUT2D eigenvalue weighted by Crippen LogP contribution is 2.51. The normalized spacial score (nSPS) is 12.3. The quantitative estimate of drug-likeness (QED) is 0.161. The standard InChI is InChI=1S/C64H36O/c1-2-14-45-37(9-1)23-30-51(47-29-24-42-21-19-38-10-7-12-40-25-31-50(47)61(42)59(38)40)63(45)56-36-54(44-28-34-58-55(35-44)48-16-5-6-18-57(48)65-58)64(49-17-4-3-15-46(49)56)53-33-27-43-22-20-39-11-8-13-41-26-32-52(53)62(43)60(39)41/h1-36H. The lowest BCUT2D eigenvalue weighted by Gasteiger charge is -2.23. The van der Waals surface area contributed by atoms with Crippen molar-refractivity contribution in [2.75, 3.05) is 0 Å². The zero-order valence-electron chi connectivity index (χ0n) is 35.2. The van der Waals surface area contributed by atoms with Crippen molar-refractivity contribution < 1.29 is 4.42 Å². The van der Waals surface area contributed by atoms with Gasteiger partial charge >= 0.3 is 0 Å². The minimum absolute atomic E-state index is 0.894. The first-order valence-corrected chi connectivity index (χ1v) is 22.6. The van der Waals surface area contributed by atoms with Crippen LogP contribution in [0.5, 0.6) is 0 Å². The van der Waals surface area contributed by atoms with Crippen molar-refractivity contribution in [2.24, 2.45) is 0 Å². The maximum atomic E-state index is 6.43. The lowest BCUT2D eigenvalue weighted by atomic mass is 9.80. The zero-order chi connectivity index (χ0) is 42.3. The molecule has 0 bridgehead atoms. The largest absolute Gasteiger partial charge is 0.456 e. The second-order valence-electron chi connectivity index (χ2n) is 17.8. The summed E-state index contributed by atoms with van der Waals surface area (Å²) in [5.41, 5.74) is 11.5. The molecule has 0 atom stereocenters. The van der Waals surface area contributed by atoms with Crippen LogP contribution in [0, 0.1) is 0 Å². The van der Waals surface area contributed by atoms with E-state index in [9.17, 15) is 0 Å². The van der Waals surface area contributed by atoms with E-state index >= 15 is 0 Å². The van der Waals surface area contributed by atoms with E-state index in [1.807, 2.05) is 0 Å². The van der Waals surface area contributed by atoms with Gasteiger partial charge in [0.1, 0.15) is 11.2 Å². The Hall–Kier alpha value is -8.52. The molecule has 1 heterocycles. The van der Waals surface area contributed by atoms with Gasteiger partial charge in [-0.15, -0.1) is 0 Å². The summed E-state index contributed by atoms with van der Waals surface area (Å²) in [4.78, 5) is 0. The lowest BCUT2D eigenvalue weighted by Crippen LogP contribution is -1.96. The second kappa shape index (κ2) is 13.0. The molecule has 0 aliphatic heterocycles. The minimum Gasteiger partial charge on any atom is -0.456 e. The predicted molar refractivity (Wildman–Crippen MR) is 278 cm³/mol. The third kappa shape index (κ3) is 4.87. The molecule has 14 aromatic carbocycles. The Morgan fingerprint density at radius 2 is 0.692 bits per heavy atom. The van der Waals surface area contributed by atoms with Crippen molar-refractivity contribution in [3.63, 3.8) is 0 Å². The topological polar surface area (TPSA) is 13.1 Å². The fraction of sp³-hybridized carbons (Fsp3) is 0. The number of benzene rings is 14. The minimum atomic E-state index is 0.894. The molecular formula is C64H36O. The van der Waals surface area contributed by atoms with Gasteiger partial charge in [-0.1, -0.05) is 194 Å². The SMILES string of the molecule is c1ccc2c(-c3cc(-c4ccc5oc6ccccc6c5c4)c(-c4ccc5ccc6cccc7ccc4c5c67)c4ccccc34)c(-c3ccc4ccc5cccc6ccc3c4c56)ccc2c1. The highest BCUT2D eigenvalue weighted by Gasteiger charge is 2.24. The van der Waals surface area contributed by atoms with E-state index in [1.54, 1.807) is 0 Å². The second-order valence-corrected chi connectivity index (χ2v) is 17.8. The van der Waals surface area contributed by atoms with Gasteiger partial charge in [0.25, 0.3) is 0 Å². The molecule has 0 fully saturated rings. The zero-order valence-corrected chi connectivity index (χ0v) is 35.2. The van der Waals surface area contributed by atoms with Crippen LogP contribution in [0.1, 0.15) is 0 Å². The van der Waals surface area contributed by atoms with E-state index in [0.29, 0.717) is 0 Å². The van der Waals surface area contributed by atoms with Crippen LogP contribution in [0.15, 0.2) is 223 Å². The van der Waals surface area contributed by atoms with Gasteiger partial charge in [-0.2, -0.15) is 0 Å². The number of para-hydroxylation sites is 1. The van der Waals surface area contributed by atoms with Crippen LogP contribution in [0.2, 0.25) is 0 Å². The third-order valence-corrected chi connectivity index (χ3v) is 14.5. The summed E-state index contributed by atoms with van der Waals surface area (Å²) in [6, 6.07) is 81.6. The highest BCUT2D eigenvalue weighted by molar-refractivity contribution is 6.29.